The number of hydrogen-bond donors (Lipinski definition) is 2. The average molecular weight is 679 g/mol. The second-order valence-electron chi connectivity index (χ2n) is 12.9. The van der Waals surface area contributed by atoms with Crippen molar-refractivity contribution in [3.8, 4) is 28.0 Å². The highest BCUT2D eigenvalue weighted by Gasteiger charge is 2.17. The van der Waals surface area contributed by atoms with Crippen molar-refractivity contribution in [2.75, 3.05) is 0 Å². The number of benzene rings is 6. The molecule has 0 spiro atoms. The number of rotatable bonds is 10. The molecule has 6 aromatic carbocycles. The van der Waals surface area contributed by atoms with E-state index in [0.29, 0.717) is 6.54 Å². The minimum atomic E-state index is -0.0901. The second-order valence-corrected chi connectivity index (χ2v) is 13.9. The predicted molar refractivity (Wildman–Crippen MR) is 218 cm³/mol. The van der Waals surface area contributed by atoms with Crippen LogP contribution in [0.1, 0.15) is 41.1 Å². The Bertz CT molecular complexity index is 2430. The van der Waals surface area contributed by atoms with Crippen LogP contribution in [-0.4, -0.2) is 11.8 Å². The van der Waals surface area contributed by atoms with Gasteiger partial charge in [0.2, 0.25) is 0 Å². The number of fused-ring (bicyclic) bond motifs is 3. The third kappa shape index (κ3) is 6.72. The minimum Gasteiger partial charge on any atom is -0.507 e. The first-order valence-corrected chi connectivity index (χ1v) is 18.2. The monoisotopic (exact) mass is 678 g/mol. The smallest absolute Gasteiger partial charge is 0.131 e. The first kappa shape index (κ1) is 32.4. The van der Waals surface area contributed by atoms with Crippen molar-refractivity contribution in [1.29, 1.82) is 0 Å². The largest absolute Gasteiger partial charge is 0.507 e. The number of allylic oxidation sites excluding steroid dienone is 4. The number of thiophene rings is 1. The fourth-order valence-corrected chi connectivity index (χ4v) is 8.21. The van der Waals surface area contributed by atoms with Gasteiger partial charge in [0, 0.05) is 43.4 Å². The van der Waals surface area contributed by atoms with Crippen LogP contribution < -0.4 is 5.32 Å². The van der Waals surface area contributed by atoms with Gasteiger partial charge in [-0.3, -0.25) is 4.99 Å². The van der Waals surface area contributed by atoms with Gasteiger partial charge in [-0.05, 0) is 65.1 Å². The molecule has 1 heterocycles. The summed E-state index contributed by atoms with van der Waals surface area (Å²) < 4.78 is 2.43. The Labute approximate surface area is 303 Å². The molecule has 0 bridgehead atoms. The molecule has 4 heteroatoms. The maximum atomic E-state index is 11.7. The molecular formula is C47H38N2OS. The molecule has 1 aliphatic rings. The number of nitrogens with zero attached hydrogens (tertiary/aromatic N) is 1. The highest BCUT2D eigenvalue weighted by molar-refractivity contribution is 7.26. The van der Waals surface area contributed by atoms with Crippen LogP contribution in [0.3, 0.4) is 0 Å². The van der Waals surface area contributed by atoms with Crippen molar-refractivity contribution >= 4 is 49.5 Å². The van der Waals surface area contributed by atoms with Crippen LogP contribution in [0.2, 0.25) is 0 Å². The summed E-state index contributed by atoms with van der Waals surface area (Å²) in [7, 11) is 0. The maximum absolute atomic E-state index is 11.7. The van der Waals surface area contributed by atoms with Crippen LogP contribution >= 0.6 is 11.3 Å². The van der Waals surface area contributed by atoms with Crippen LogP contribution in [0.4, 0.5) is 0 Å². The molecule has 8 rings (SSSR count). The molecule has 0 aliphatic heterocycles. The van der Waals surface area contributed by atoms with Crippen LogP contribution in [0.25, 0.3) is 53.7 Å². The van der Waals surface area contributed by atoms with E-state index in [2.05, 4.69) is 157 Å². The van der Waals surface area contributed by atoms with E-state index in [0.717, 1.165) is 51.9 Å². The van der Waals surface area contributed by atoms with Gasteiger partial charge >= 0.3 is 0 Å². The van der Waals surface area contributed by atoms with Crippen LogP contribution in [0.15, 0.2) is 169 Å². The maximum Gasteiger partial charge on any atom is 0.131 e. The quantitative estimate of drug-likeness (QED) is 0.141. The zero-order chi connectivity index (χ0) is 34.6. The Kier molecular flexibility index (Phi) is 9.26. The molecule has 1 aromatic heterocycles. The van der Waals surface area contributed by atoms with Gasteiger partial charge in [-0.15, -0.1) is 11.3 Å². The molecule has 0 saturated carbocycles. The summed E-state index contributed by atoms with van der Waals surface area (Å²) >= 11 is 1.77. The van der Waals surface area contributed by atoms with Gasteiger partial charge in [-0.2, -0.15) is 0 Å². The number of aromatic hydroxyl groups is 1. The van der Waals surface area contributed by atoms with Crippen LogP contribution in [-0.2, 0) is 6.54 Å². The van der Waals surface area contributed by atoms with E-state index in [4.69, 9.17) is 0 Å². The first-order chi connectivity index (χ1) is 25.2. The Hall–Kier alpha value is -5.81. The number of phenolic OH excluding ortho intramolecular Hbond substituents is 1. The summed E-state index contributed by atoms with van der Waals surface area (Å²) in [5, 5.41) is 17.9. The lowest BCUT2D eigenvalue weighted by Crippen LogP contribution is -2.19. The Balaban J connectivity index is 1.10. The average Bonchev–Trinajstić information content (AvgIpc) is 3.58. The first-order valence-electron chi connectivity index (χ1n) is 17.4. The lowest BCUT2D eigenvalue weighted by Gasteiger charge is -2.18. The molecule has 2 N–H and O–H groups in total. The fraction of sp³-hybridized carbons (Fsp3) is 0.0851. The molecule has 0 amide bonds. The SMILES string of the molecule is C=N/C(=C\C(NCc1ccccc1)c1ccc(C2=CCCC=C2)cc1)c1ccc(-c2cccc(-c3cccc4c3sc3ccccc34)c2O)cc1. The topological polar surface area (TPSA) is 44.6 Å². The Morgan fingerprint density at radius 1 is 0.725 bits per heavy atom. The van der Waals surface area contributed by atoms with Gasteiger partial charge in [-0.25, -0.2) is 0 Å². The summed E-state index contributed by atoms with van der Waals surface area (Å²) in [6.07, 6.45) is 11.1. The van der Waals surface area contributed by atoms with Crippen molar-refractivity contribution in [1.82, 2.24) is 5.32 Å². The van der Waals surface area contributed by atoms with Crippen molar-refractivity contribution in [2.45, 2.75) is 25.4 Å². The van der Waals surface area contributed by atoms with E-state index in [-0.39, 0.29) is 11.8 Å². The molecule has 3 nitrogen and oxygen atoms in total. The number of hydrogen-bond acceptors (Lipinski definition) is 4. The summed E-state index contributed by atoms with van der Waals surface area (Å²) in [5.41, 5.74) is 10.2. The lowest BCUT2D eigenvalue weighted by atomic mass is 9.95. The molecule has 1 unspecified atom stereocenters. The van der Waals surface area contributed by atoms with Gasteiger partial charge in [0.25, 0.3) is 0 Å². The third-order valence-electron chi connectivity index (χ3n) is 9.68. The summed E-state index contributed by atoms with van der Waals surface area (Å²) in [6, 6.07) is 48.3. The second kappa shape index (κ2) is 14.6. The normalized spacial score (nSPS) is 13.7. The van der Waals surface area contributed by atoms with E-state index in [1.165, 1.54) is 36.9 Å². The highest BCUT2D eigenvalue weighted by Crippen LogP contribution is 2.45. The molecule has 0 saturated heterocycles. The zero-order valence-corrected chi connectivity index (χ0v) is 29.1. The number of para-hydroxylation sites is 1. The number of phenols is 1. The van der Waals surface area contributed by atoms with Crippen molar-refractivity contribution in [3.05, 3.63) is 186 Å². The molecule has 248 valence electrons. The van der Waals surface area contributed by atoms with E-state index >= 15 is 0 Å². The zero-order valence-electron chi connectivity index (χ0n) is 28.3. The van der Waals surface area contributed by atoms with Gasteiger partial charge in [0.15, 0.2) is 0 Å². The Morgan fingerprint density at radius 3 is 2.22 bits per heavy atom. The minimum absolute atomic E-state index is 0.0901. The summed E-state index contributed by atoms with van der Waals surface area (Å²) in [6.45, 7) is 4.67. The highest BCUT2D eigenvalue weighted by atomic mass is 32.1. The molecule has 51 heavy (non-hydrogen) atoms. The fourth-order valence-electron chi connectivity index (χ4n) is 6.98. The predicted octanol–water partition coefficient (Wildman–Crippen LogP) is 12.4. The molecule has 0 fully saturated rings. The van der Waals surface area contributed by atoms with E-state index in [1.54, 1.807) is 11.3 Å². The van der Waals surface area contributed by atoms with Gasteiger partial charge in [-0.1, -0.05) is 152 Å². The van der Waals surface area contributed by atoms with Crippen LogP contribution in [0, 0.1) is 0 Å². The molecule has 1 atom stereocenters. The standard InChI is InChI=1S/C47H38N2OS/c1-48-43(30-44(49-31-32-12-4-2-5-13-32)37-26-22-34(23-27-37)33-14-6-3-7-15-33)36-28-24-35(25-29-36)38-17-10-18-40(46(38)50)42-20-11-19-41-39-16-8-9-21-45(39)51-47(41)42/h2,4-6,8-30,44,49-50H,1,3,7,31H2/b43-30-. The van der Waals surface area contributed by atoms with Crippen LogP contribution in [0.5, 0.6) is 5.75 Å². The lowest BCUT2D eigenvalue weighted by molar-refractivity contribution is 0.479. The van der Waals surface area contributed by atoms with Gasteiger partial charge in [0.1, 0.15) is 5.75 Å². The number of aliphatic imine (C=N–C) groups is 1. The summed E-state index contributed by atoms with van der Waals surface area (Å²) in [5.74, 6) is 0.279. The molecule has 1 aliphatic carbocycles. The van der Waals surface area contributed by atoms with E-state index in [9.17, 15) is 5.11 Å². The van der Waals surface area contributed by atoms with E-state index < -0.39 is 0 Å². The molecular weight excluding hydrogens is 641 g/mol. The van der Waals surface area contributed by atoms with E-state index in [1.807, 2.05) is 24.3 Å². The number of nitrogens with one attached hydrogen (secondary N) is 1. The molecule has 0 radical (unpaired) electrons. The Morgan fingerprint density at radius 2 is 1.43 bits per heavy atom. The van der Waals surface area contributed by atoms with Gasteiger partial charge in [0.05, 0.1) is 11.7 Å². The van der Waals surface area contributed by atoms with Crippen molar-refractivity contribution < 1.29 is 5.11 Å². The van der Waals surface area contributed by atoms with Crippen molar-refractivity contribution in [2.24, 2.45) is 4.99 Å². The third-order valence-corrected chi connectivity index (χ3v) is 10.9. The van der Waals surface area contributed by atoms with Gasteiger partial charge < -0.3 is 10.4 Å². The summed E-state index contributed by atoms with van der Waals surface area (Å²) in [4.78, 5) is 4.49. The van der Waals surface area contributed by atoms with Crippen molar-refractivity contribution in [3.63, 3.8) is 0 Å². The molecule has 7 aromatic rings.